The summed E-state index contributed by atoms with van der Waals surface area (Å²) in [5, 5.41) is 6.66. The molecule has 0 bridgehead atoms. The highest BCUT2D eigenvalue weighted by Crippen LogP contribution is 2.31. The lowest BCUT2D eigenvalue weighted by Crippen LogP contribution is -2.23. The molecule has 2 aromatic heterocycles. The number of hydrogen-bond acceptors (Lipinski definition) is 5. The average molecular weight is 507 g/mol. The third kappa shape index (κ3) is 4.89. The first kappa shape index (κ1) is 23.6. The van der Waals surface area contributed by atoms with Gasteiger partial charge in [0.05, 0.1) is 29.8 Å². The summed E-state index contributed by atoms with van der Waals surface area (Å²) in [6.07, 6.45) is 1.51. The molecule has 10 heteroatoms. The Balaban J connectivity index is 1.77. The quantitative estimate of drug-likeness (QED) is 0.332. The summed E-state index contributed by atoms with van der Waals surface area (Å²) >= 11 is 12.8. The van der Waals surface area contributed by atoms with Crippen molar-refractivity contribution in [3.8, 4) is 0 Å². The van der Waals surface area contributed by atoms with E-state index >= 15 is 0 Å². The highest BCUT2D eigenvalue weighted by molar-refractivity contribution is 7.89. The summed E-state index contributed by atoms with van der Waals surface area (Å²) in [6, 6.07) is 13.8. The highest BCUT2D eigenvalue weighted by atomic mass is 35.5. The summed E-state index contributed by atoms with van der Waals surface area (Å²) in [4.78, 5) is 2.24. The molecular formula is C23H24Cl2N4O3S. The Morgan fingerprint density at radius 3 is 2.42 bits per heavy atom. The zero-order valence-electron chi connectivity index (χ0n) is 18.3. The first-order valence-corrected chi connectivity index (χ1v) is 12.8. The standard InChI is InChI=1S/C23H24Cl2N4O3S/c1-3-28(4-2)23-18-13-17(33(30,31)26-14-16-7-6-12-32-16)10-11-22(18)29(27-23)15-19-20(24)8-5-9-21(19)25/h5-13,26H,3-4,14-15H2,1-2H3. The van der Waals surface area contributed by atoms with E-state index in [9.17, 15) is 8.42 Å². The third-order valence-electron chi connectivity index (χ3n) is 5.46. The van der Waals surface area contributed by atoms with E-state index in [1.807, 2.05) is 18.5 Å². The minimum atomic E-state index is -3.75. The maximum absolute atomic E-state index is 12.9. The first-order valence-electron chi connectivity index (χ1n) is 10.5. The predicted octanol–water partition coefficient (Wildman–Crippen LogP) is 5.31. The Morgan fingerprint density at radius 1 is 1.06 bits per heavy atom. The van der Waals surface area contributed by atoms with Crippen LogP contribution in [0.1, 0.15) is 25.2 Å². The largest absolute Gasteiger partial charge is 0.468 e. The fraction of sp³-hybridized carbons (Fsp3) is 0.261. The molecular weight excluding hydrogens is 483 g/mol. The van der Waals surface area contributed by atoms with Gasteiger partial charge in [0, 0.05) is 34.1 Å². The minimum Gasteiger partial charge on any atom is -0.468 e. The van der Waals surface area contributed by atoms with Crippen molar-refractivity contribution in [2.45, 2.75) is 31.8 Å². The molecule has 0 atom stereocenters. The Labute approximate surface area is 202 Å². The van der Waals surface area contributed by atoms with Gasteiger partial charge in [0.15, 0.2) is 5.82 Å². The van der Waals surface area contributed by atoms with E-state index in [0.717, 1.165) is 29.6 Å². The molecule has 0 amide bonds. The highest BCUT2D eigenvalue weighted by Gasteiger charge is 2.21. The van der Waals surface area contributed by atoms with Gasteiger partial charge in [-0.05, 0) is 56.3 Å². The second-order valence-electron chi connectivity index (χ2n) is 7.44. The number of nitrogens with zero attached hydrogens (tertiary/aromatic N) is 3. The third-order valence-corrected chi connectivity index (χ3v) is 7.57. The summed E-state index contributed by atoms with van der Waals surface area (Å²) in [7, 11) is -3.75. The molecule has 4 rings (SSSR count). The predicted molar refractivity (Wildman–Crippen MR) is 132 cm³/mol. The molecule has 174 valence electrons. The average Bonchev–Trinajstić information content (AvgIpc) is 3.44. The Bertz CT molecular complexity index is 1340. The van der Waals surface area contributed by atoms with Gasteiger partial charge >= 0.3 is 0 Å². The molecule has 7 nitrogen and oxygen atoms in total. The van der Waals surface area contributed by atoms with E-state index in [1.165, 1.54) is 6.26 Å². The lowest BCUT2D eigenvalue weighted by molar-refractivity contribution is 0.498. The second-order valence-corrected chi connectivity index (χ2v) is 10.0. The second kappa shape index (κ2) is 9.77. The Kier molecular flexibility index (Phi) is 6.99. The van der Waals surface area contributed by atoms with E-state index in [-0.39, 0.29) is 11.4 Å². The smallest absolute Gasteiger partial charge is 0.241 e. The molecule has 0 spiro atoms. The number of benzene rings is 2. The summed E-state index contributed by atoms with van der Waals surface area (Å²) in [5.74, 6) is 1.24. The topological polar surface area (TPSA) is 80.4 Å². The van der Waals surface area contributed by atoms with Gasteiger partial charge < -0.3 is 9.32 Å². The normalized spacial score (nSPS) is 11.9. The molecule has 0 aliphatic rings. The number of halogens is 2. The number of hydrogen-bond donors (Lipinski definition) is 1. The molecule has 0 unspecified atom stereocenters. The van der Waals surface area contributed by atoms with Gasteiger partial charge in [0.25, 0.3) is 0 Å². The minimum absolute atomic E-state index is 0.0700. The van der Waals surface area contributed by atoms with Gasteiger partial charge in [0.1, 0.15) is 5.76 Å². The Morgan fingerprint density at radius 2 is 1.79 bits per heavy atom. The zero-order valence-corrected chi connectivity index (χ0v) is 20.6. The molecule has 33 heavy (non-hydrogen) atoms. The number of anilines is 1. The van der Waals surface area contributed by atoms with Crippen LogP contribution in [-0.2, 0) is 23.1 Å². The van der Waals surface area contributed by atoms with Crippen molar-refractivity contribution in [3.63, 3.8) is 0 Å². The number of fused-ring (bicyclic) bond motifs is 1. The maximum atomic E-state index is 12.9. The van der Waals surface area contributed by atoms with Crippen molar-refractivity contribution >= 4 is 49.9 Å². The summed E-state index contributed by atoms with van der Waals surface area (Å²) in [6.45, 7) is 5.95. The molecule has 4 aromatic rings. The van der Waals surface area contributed by atoms with E-state index in [0.29, 0.717) is 28.2 Å². The SMILES string of the molecule is CCN(CC)c1nn(Cc2c(Cl)cccc2Cl)c2ccc(S(=O)(=O)NCc3ccco3)cc12. The van der Waals surface area contributed by atoms with E-state index in [4.69, 9.17) is 32.7 Å². The zero-order chi connectivity index (χ0) is 23.6. The molecule has 0 aliphatic heterocycles. The van der Waals surface area contributed by atoms with Crippen LogP contribution in [0.5, 0.6) is 0 Å². The van der Waals surface area contributed by atoms with Gasteiger partial charge in [-0.1, -0.05) is 29.3 Å². The number of furan rings is 1. The molecule has 0 aliphatic carbocycles. The van der Waals surface area contributed by atoms with Crippen LogP contribution in [0, 0.1) is 0 Å². The first-order chi connectivity index (χ1) is 15.8. The molecule has 0 saturated heterocycles. The van der Waals surface area contributed by atoms with Gasteiger partial charge in [-0.25, -0.2) is 13.1 Å². The molecule has 2 heterocycles. The lowest BCUT2D eigenvalue weighted by atomic mass is 10.2. The number of rotatable bonds is 9. The van der Waals surface area contributed by atoms with Crippen molar-refractivity contribution in [1.82, 2.24) is 14.5 Å². The van der Waals surface area contributed by atoms with Crippen molar-refractivity contribution in [1.29, 1.82) is 0 Å². The molecule has 0 radical (unpaired) electrons. The monoisotopic (exact) mass is 506 g/mol. The summed E-state index contributed by atoms with van der Waals surface area (Å²) < 4.78 is 35.5. The lowest BCUT2D eigenvalue weighted by Gasteiger charge is -2.18. The van der Waals surface area contributed by atoms with Crippen LogP contribution >= 0.6 is 23.2 Å². The number of aromatic nitrogens is 2. The van der Waals surface area contributed by atoms with E-state index in [1.54, 1.807) is 48.5 Å². The Hall–Kier alpha value is -2.52. The van der Waals surface area contributed by atoms with Crippen LogP contribution in [0.4, 0.5) is 5.82 Å². The fourth-order valence-electron chi connectivity index (χ4n) is 3.68. The van der Waals surface area contributed by atoms with Gasteiger partial charge in [-0.15, -0.1) is 0 Å². The van der Waals surface area contributed by atoms with Crippen LogP contribution in [0.15, 0.2) is 64.1 Å². The van der Waals surface area contributed by atoms with Crippen molar-refractivity contribution in [3.05, 3.63) is 76.2 Å². The summed E-state index contributed by atoms with van der Waals surface area (Å²) in [5.41, 5.74) is 1.55. The van der Waals surface area contributed by atoms with Gasteiger partial charge in [0.2, 0.25) is 10.0 Å². The van der Waals surface area contributed by atoms with Crippen LogP contribution in [-0.4, -0.2) is 31.3 Å². The van der Waals surface area contributed by atoms with Gasteiger partial charge in [-0.2, -0.15) is 5.10 Å². The van der Waals surface area contributed by atoms with Crippen molar-refractivity contribution in [2.24, 2.45) is 0 Å². The molecule has 0 saturated carbocycles. The van der Waals surface area contributed by atoms with Crippen LogP contribution in [0.2, 0.25) is 10.0 Å². The molecule has 1 N–H and O–H groups in total. The van der Waals surface area contributed by atoms with Crippen LogP contribution < -0.4 is 9.62 Å². The molecule has 0 fully saturated rings. The van der Waals surface area contributed by atoms with Crippen LogP contribution in [0.25, 0.3) is 10.9 Å². The molecule has 2 aromatic carbocycles. The van der Waals surface area contributed by atoms with Crippen LogP contribution in [0.3, 0.4) is 0 Å². The van der Waals surface area contributed by atoms with E-state index < -0.39 is 10.0 Å². The fourth-order valence-corrected chi connectivity index (χ4v) is 5.22. The number of nitrogens with one attached hydrogen (secondary N) is 1. The van der Waals surface area contributed by atoms with Crippen molar-refractivity contribution < 1.29 is 12.8 Å². The number of sulfonamides is 1. The van der Waals surface area contributed by atoms with Gasteiger partial charge in [-0.3, -0.25) is 4.68 Å². The maximum Gasteiger partial charge on any atom is 0.241 e. The van der Waals surface area contributed by atoms with E-state index in [2.05, 4.69) is 9.62 Å². The van der Waals surface area contributed by atoms with Crippen molar-refractivity contribution in [2.75, 3.05) is 18.0 Å².